The van der Waals surface area contributed by atoms with Crippen molar-refractivity contribution in [1.29, 1.82) is 0 Å². The van der Waals surface area contributed by atoms with Gasteiger partial charge in [0.15, 0.2) is 0 Å². The van der Waals surface area contributed by atoms with Gasteiger partial charge >= 0.3 is 0 Å². The Balaban J connectivity index is 2.24. The van der Waals surface area contributed by atoms with E-state index < -0.39 is 0 Å². The van der Waals surface area contributed by atoms with E-state index in [9.17, 15) is 0 Å². The van der Waals surface area contributed by atoms with Crippen molar-refractivity contribution in [2.24, 2.45) is 4.99 Å². The molecule has 1 aromatic carbocycles. The largest absolute Gasteiger partial charge is 0.297 e. The van der Waals surface area contributed by atoms with Crippen LogP contribution in [0.3, 0.4) is 0 Å². The van der Waals surface area contributed by atoms with Gasteiger partial charge in [-0.25, -0.2) is 0 Å². The Morgan fingerprint density at radius 3 is 2.85 bits per heavy atom. The Morgan fingerprint density at radius 2 is 2.15 bits per heavy atom. The van der Waals surface area contributed by atoms with Gasteiger partial charge in [0.2, 0.25) is 0 Å². The Kier molecular flexibility index (Phi) is 2.44. The van der Waals surface area contributed by atoms with Crippen LogP contribution in [0.4, 0.5) is 0 Å². The normalized spacial score (nSPS) is 21.8. The van der Waals surface area contributed by atoms with Crippen molar-refractivity contribution in [2.45, 2.75) is 25.7 Å². The maximum Gasteiger partial charge on any atom is 0.0391 e. The lowest BCUT2D eigenvalue weighted by atomic mass is 9.89. The number of rotatable bonds is 1. The molecule has 0 bridgehead atoms. The average molecular weight is 173 g/mol. The Morgan fingerprint density at radius 1 is 1.31 bits per heavy atom. The van der Waals surface area contributed by atoms with Crippen LogP contribution in [-0.2, 0) is 0 Å². The van der Waals surface area contributed by atoms with Gasteiger partial charge in [0.1, 0.15) is 0 Å². The summed E-state index contributed by atoms with van der Waals surface area (Å²) in [5, 5.41) is 0. The van der Waals surface area contributed by atoms with Crippen molar-refractivity contribution in [3.8, 4) is 0 Å². The maximum absolute atomic E-state index is 4.26. The molecule has 0 saturated heterocycles. The van der Waals surface area contributed by atoms with Crippen molar-refractivity contribution in [3.63, 3.8) is 0 Å². The number of hydrogen-bond donors (Lipinski definition) is 0. The molecule has 1 aliphatic heterocycles. The summed E-state index contributed by atoms with van der Waals surface area (Å²) in [6.07, 6.45) is 4.40. The SMILES string of the molecule is Cc1ccccc1C1CC=NCC1. The summed E-state index contributed by atoms with van der Waals surface area (Å²) in [4.78, 5) is 4.26. The highest BCUT2D eigenvalue weighted by Crippen LogP contribution is 2.27. The molecule has 1 nitrogen and oxygen atoms in total. The van der Waals surface area contributed by atoms with E-state index in [-0.39, 0.29) is 0 Å². The molecular formula is C12H15N. The molecule has 0 aromatic heterocycles. The highest BCUT2D eigenvalue weighted by atomic mass is 14.7. The van der Waals surface area contributed by atoms with E-state index in [1.807, 2.05) is 0 Å². The van der Waals surface area contributed by atoms with Crippen LogP contribution in [0.15, 0.2) is 29.3 Å². The third kappa shape index (κ3) is 1.80. The zero-order valence-corrected chi connectivity index (χ0v) is 8.03. The zero-order chi connectivity index (χ0) is 9.10. The number of aryl methyl sites for hydroxylation is 1. The average Bonchev–Trinajstić information content (AvgIpc) is 2.20. The molecule has 1 atom stereocenters. The number of benzene rings is 1. The Hall–Kier alpha value is -1.11. The van der Waals surface area contributed by atoms with Gasteiger partial charge in [-0.3, -0.25) is 4.99 Å². The zero-order valence-electron chi connectivity index (χ0n) is 8.03. The number of nitrogens with zero attached hydrogens (tertiary/aromatic N) is 1. The van der Waals surface area contributed by atoms with E-state index in [0.717, 1.165) is 13.0 Å². The van der Waals surface area contributed by atoms with Gasteiger partial charge in [0.05, 0.1) is 0 Å². The fraction of sp³-hybridized carbons (Fsp3) is 0.417. The van der Waals surface area contributed by atoms with Crippen molar-refractivity contribution in [1.82, 2.24) is 0 Å². The summed E-state index contributed by atoms with van der Waals surface area (Å²) >= 11 is 0. The van der Waals surface area contributed by atoms with Crippen LogP contribution in [0.5, 0.6) is 0 Å². The van der Waals surface area contributed by atoms with E-state index in [2.05, 4.69) is 42.4 Å². The van der Waals surface area contributed by atoms with Gasteiger partial charge in [0, 0.05) is 6.54 Å². The van der Waals surface area contributed by atoms with E-state index >= 15 is 0 Å². The van der Waals surface area contributed by atoms with Crippen molar-refractivity contribution < 1.29 is 0 Å². The molecular weight excluding hydrogens is 158 g/mol. The summed E-state index contributed by atoms with van der Waals surface area (Å²) in [6, 6.07) is 8.68. The Labute approximate surface area is 79.5 Å². The van der Waals surface area contributed by atoms with Gasteiger partial charge in [-0.05, 0) is 43.0 Å². The van der Waals surface area contributed by atoms with Crippen LogP contribution >= 0.6 is 0 Å². The Bertz CT molecular complexity index is 315. The highest BCUT2D eigenvalue weighted by Gasteiger charge is 2.13. The van der Waals surface area contributed by atoms with E-state index in [1.54, 1.807) is 0 Å². The predicted molar refractivity (Wildman–Crippen MR) is 56.5 cm³/mol. The van der Waals surface area contributed by atoms with Crippen molar-refractivity contribution >= 4 is 6.21 Å². The lowest BCUT2D eigenvalue weighted by molar-refractivity contribution is 0.634. The molecule has 0 amide bonds. The molecule has 2 rings (SSSR count). The van der Waals surface area contributed by atoms with Crippen LogP contribution < -0.4 is 0 Å². The lowest BCUT2D eigenvalue weighted by Gasteiger charge is -2.19. The first-order chi connectivity index (χ1) is 6.38. The third-order valence-corrected chi connectivity index (χ3v) is 2.75. The molecule has 1 heteroatoms. The molecule has 0 N–H and O–H groups in total. The second-order valence-electron chi connectivity index (χ2n) is 3.67. The maximum atomic E-state index is 4.26. The van der Waals surface area contributed by atoms with Gasteiger partial charge in [-0.15, -0.1) is 0 Å². The summed E-state index contributed by atoms with van der Waals surface area (Å²) in [7, 11) is 0. The molecule has 1 unspecified atom stereocenters. The van der Waals surface area contributed by atoms with Gasteiger partial charge in [0.25, 0.3) is 0 Å². The van der Waals surface area contributed by atoms with E-state index in [1.165, 1.54) is 17.5 Å². The van der Waals surface area contributed by atoms with Crippen molar-refractivity contribution in [3.05, 3.63) is 35.4 Å². The molecule has 1 aliphatic rings. The monoisotopic (exact) mass is 173 g/mol. The lowest BCUT2D eigenvalue weighted by Crippen LogP contribution is -2.07. The summed E-state index contributed by atoms with van der Waals surface area (Å²) in [5.74, 6) is 0.707. The van der Waals surface area contributed by atoms with Crippen LogP contribution in [0, 0.1) is 6.92 Å². The second-order valence-corrected chi connectivity index (χ2v) is 3.67. The van der Waals surface area contributed by atoms with Crippen LogP contribution in [0.2, 0.25) is 0 Å². The molecule has 0 saturated carbocycles. The first-order valence-electron chi connectivity index (χ1n) is 4.92. The van der Waals surface area contributed by atoms with Crippen LogP contribution in [-0.4, -0.2) is 12.8 Å². The number of hydrogen-bond acceptors (Lipinski definition) is 1. The van der Waals surface area contributed by atoms with E-state index in [4.69, 9.17) is 0 Å². The fourth-order valence-electron chi connectivity index (χ4n) is 1.97. The molecule has 0 fully saturated rings. The van der Waals surface area contributed by atoms with Gasteiger partial charge in [-0.1, -0.05) is 24.3 Å². The molecule has 1 aromatic rings. The molecule has 0 aliphatic carbocycles. The first kappa shape index (κ1) is 8.49. The second kappa shape index (κ2) is 3.73. The molecule has 1 heterocycles. The summed E-state index contributed by atoms with van der Waals surface area (Å²) in [6.45, 7) is 3.19. The number of aliphatic imine (C=N–C) groups is 1. The standard InChI is InChI=1S/C12H15N/c1-10-4-2-3-5-12(10)11-6-8-13-9-7-11/h2-5,8,11H,6-7,9H2,1H3. The molecule has 0 spiro atoms. The van der Waals surface area contributed by atoms with E-state index in [0.29, 0.717) is 5.92 Å². The quantitative estimate of drug-likeness (QED) is 0.619. The van der Waals surface area contributed by atoms with Gasteiger partial charge in [-0.2, -0.15) is 0 Å². The molecule has 68 valence electrons. The smallest absolute Gasteiger partial charge is 0.0391 e. The predicted octanol–water partition coefficient (Wildman–Crippen LogP) is 2.94. The minimum Gasteiger partial charge on any atom is -0.297 e. The minimum absolute atomic E-state index is 0.707. The topological polar surface area (TPSA) is 12.4 Å². The fourth-order valence-corrected chi connectivity index (χ4v) is 1.97. The molecule has 13 heavy (non-hydrogen) atoms. The van der Waals surface area contributed by atoms with Crippen molar-refractivity contribution in [2.75, 3.05) is 6.54 Å². The summed E-state index contributed by atoms with van der Waals surface area (Å²) < 4.78 is 0. The third-order valence-electron chi connectivity index (χ3n) is 2.75. The summed E-state index contributed by atoms with van der Waals surface area (Å²) in [5.41, 5.74) is 2.93. The first-order valence-corrected chi connectivity index (χ1v) is 4.92. The molecule has 0 radical (unpaired) electrons. The van der Waals surface area contributed by atoms with Gasteiger partial charge < -0.3 is 0 Å². The minimum atomic E-state index is 0.707. The van der Waals surface area contributed by atoms with Crippen LogP contribution in [0.1, 0.15) is 29.9 Å². The van der Waals surface area contributed by atoms with Crippen LogP contribution in [0.25, 0.3) is 0 Å². The highest BCUT2D eigenvalue weighted by molar-refractivity contribution is 5.60.